The molecule has 0 aliphatic rings. The topological polar surface area (TPSA) is 9.23 Å². The fraction of sp³-hybridized carbons (Fsp3) is 0.500. The van der Waals surface area contributed by atoms with Gasteiger partial charge in [-0.3, -0.25) is 0 Å². The fourth-order valence-corrected chi connectivity index (χ4v) is 1.63. The number of benzene rings is 1. The molecule has 0 spiro atoms. The van der Waals surface area contributed by atoms with Gasteiger partial charge in [0, 0.05) is 12.0 Å². The molecule has 1 aromatic carbocycles. The Kier molecular flexibility index (Phi) is 4.49. The third kappa shape index (κ3) is 3.35. The largest absolute Gasteiger partial charge is 0.377 e. The van der Waals surface area contributed by atoms with Crippen molar-refractivity contribution in [3.63, 3.8) is 0 Å². The number of hydrogen-bond acceptors (Lipinski definition) is 2. The van der Waals surface area contributed by atoms with Crippen LogP contribution in [0.15, 0.2) is 29.2 Å². The van der Waals surface area contributed by atoms with Gasteiger partial charge in [-0.25, -0.2) is 0 Å². The van der Waals surface area contributed by atoms with E-state index in [1.54, 1.807) is 7.11 Å². The van der Waals surface area contributed by atoms with Gasteiger partial charge in [0.2, 0.25) is 0 Å². The lowest BCUT2D eigenvalue weighted by Crippen LogP contribution is -2.04. The van der Waals surface area contributed by atoms with Crippen LogP contribution in [0.5, 0.6) is 0 Å². The summed E-state index contributed by atoms with van der Waals surface area (Å²) in [5, 5.41) is 0. The molecule has 0 fully saturated rings. The first-order chi connectivity index (χ1) is 6.63. The Morgan fingerprint density at radius 1 is 1.21 bits per heavy atom. The van der Waals surface area contributed by atoms with Gasteiger partial charge in [0.15, 0.2) is 0 Å². The summed E-state index contributed by atoms with van der Waals surface area (Å²) in [7, 11) is 1.77. The molecular weight excluding hydrogens is 192 g/mol. The van der Waals surface area contributed by atoms with Crippen molar-refractivity contribution in [3.8, 4) is 0 Å². The molecular formula is C12H18OS. The lowest BCUT2D eigenvalue weighted by Gasteiger charge is -2.17. The molecule has 1 rings (SSSR count). The van der Waals surface area contributed by atoms with E-state index in [2.05, 4.69) is 38.6 Å². The molecule has 0 aromatic heterocycles. The number of methoxy groups -OCH3 is 1. The van der Waals surface area contributed by atoms with Crippen molar-refractivity contribution in [1.82, 2.24) is 0 Å². The second-order valence-corrected chi connectivity index (χ2v) is 4.46. The molecule has 0 amide bonds. The molecule has 1 aromatic rings. The molecule has 0 N–H and O–H groups in total. The molecule has 0 saturated heterocycles. The van der Waals surface area contributed by atoms with Crippen LogP contribution < -0.4 is 0 Å². The molecule has 14 heavy (non-hydrogen) atoms. The van der Waals surface area contributed by atoms with Gasteiger partial charge in [0.1, 0.15) is 0 Å². The van der Waals surface area contributed by atoms with E-state index >= 15 is 0 Å². The van der Waals surface area contributed by atoms with Crippen molar-refractivity contribution in [2.75, 3.05) is 7.11 Å². The van der Waals surface area contributed by atoms with Crippen molar-refractivity contribution in [2.45, 2.75) is 31.3 Å². The van der Waals surface area contributed by atoms with Crippen LogP contribution in [0, 0.1) is 5.92 Å². The van der Waals surface area contributed by atoms with Gasteiger partial charge in [0.05, 0.1) is 6.10 Å². The third-order valence-electron chi connectivity index (χ3n) is 2.23. The van der Waals surface area contributed by atoms with Gasteiger partial charge in [-0.1, -0.05) is 26.0 Å². The molecule has 0 unspecified atom stereocenters. The molecule has 0 radical (unpaired) electrons. The molecule has 78 valence electrons. The Morgan fingerprint density at radius 3 is 2.21 bits per heavy atom. The molecule has 0 bridgehead atoms. The first-order valence-electron chi connectivity index (χ1n) is 4.95. The lowest BCUT2D eigenvalue weighted by molar-refractivity contribution is 0.0845. The van der Waals surface area contributed by atoms with Crippen molar-refractivity contribution in [2.24, 2.45) is 5.92 Å². The van der Waals surface area contributed by atoms with Crippen molar-refractivity contribution in [1.29, 1.82) is 0 Å². The van der Waals surface area contributed by atoms with Crippen LogP contribution in [0.25, 0.3) is 0 Å². The molecule has 0 saturated carbocycles. The lowest BCUT2D eigenvalue weighted by atomic mass is 9.99. The van der Waals surface area contributed by atoms with Gasteiger partial charge in [0.25, 0.3) is 0 Å². The molecule has 1 atom stereocenters. The van der Waals surface area contributed by atoms with E-state index in [4.69, 9.17) is 4.74 Å². The summed E-state index contributed by atoms with van der Waals surface area (Å²) in [4.78, 5) is 0.994. The van der Waals surface area contributed by atoms with E-state index in [1.165, 1.54) is 5.56 Å². The van der Waals surface area contributed by atoms with Crippen LogP contribution >= 0.6 is 12.6 Å². The highest BCUT2D eigenvalue weighted by Crippen LogP contribution is 2.24. The summed E-state index contributed by atoms with van der Waals surface area (Å²) >= 11 is 4.26. The zero-order chi connectivity index (χ0) is 10.6. The Hall–Kier alpha value is -0.470. The summed E-state index contributed by atoms with van der Waals surface area (Å²) in [6, 6.07) is 8.17. The SMILES string of the molecule is CO[C@@H](CC(C)C)c1ccc(S)cc1. The van der Waals surface area contributed by atoms with E-state index in [-0.39, 0.29) is 6.10 Å². The number of hydrogen-bond donors (Lipinski definition) is 1. The predicted molar refractivity (Wildman–Crippen MR) is 62.9 cm³/mol. The van der Waals surface area contributed by atoms with Crippen molar-refractivity contribution in [3.05, 3.63) is 29.8 Å². The zero-order valence-corrected chi connectivity index (χ0v) is 9.92. The van der Waals surface area contributed by atoms with Crippen LogP contribution in [0.1, 0.15) is 31.9 Å². The summed E-state index contributed by atoms with van der Waals surface area (Å²) in [6.07, 6.45) is 1.27. The van der Waals surface area contributed by atoms with E-state index in [0.717, 1.165) is 11.3 Å². The van der Waals surface area contributed by atoms with Gasteiger partial charge < -0.3 is 4.74 Å². The van der Waals surface area contributed by atoms with Gasteiger partial charge in [-0.15, -0.1) is 12.6 Å². The standard InChI is InChI=1S/C12H18OS/c1-9(2)8-12(13-3)10-4-6-11(14)7-5-10/h4-7,9,12,14H,8H2,1-3H3/t12-/m0/s1. The highest BCUT2D eigenvalue weighted by atomic mass is 32.1. The predicted octanol–water partition coefficient (Wildman–Crippen LogP) is 3.71. The van der Waals surface area contributed by atoms with Gasteiger partial charge in [-0.2, -0.15) is 0 Å². The van der Waals surface area contributed by atoms with Crippen LogP contribution in [0.4, 0.5) is 0 Å². The summed E-state index contributed by atoms with van der Waals surface area (Å²) in [6.45, 7) is 4.41. The minimum absolute atomic E-state index is 0.212. The van der Waals surface area contributed by atoms with Crippen LogP contribution in [-0.4, -0.2) is 7.11 Å². The maximum Gasteiger partial charge on any atom is 0.0823 e. The van der Waals surface area contributed by atoms with Crippen LogP contribution in [0.2, 0.25) is 0 Å². The minimum atomic E-state index is 0.212. The highest BCUT2D eigenvalue weighted by Gasteiger charge is 2.11. The first-order valence-corrected chi connectivity index (χ1v) is 5.40. The van der Waals surface area contributed by atoms with Crippen molar-refractivity contribution < 1.29 is 4.74 Å². The summed E-state index contributed by atoms with van der Waals surface area (Å²) < 4.78 is 5.46. The molecule has 0 heterocycles. The highest BCUT2D eigenvalue weighted by molar-refractivity contribution is 7.80. The molecule has 0 aliphatic heterocycles. The number of ether oxygens (including phenoxy) is 1. The first kappa shape index (κ1) is 11.6. The van der Waals surface area contributed by atoms with Crippen LogP contribution in [-0.2, 0) is 4.74 Å². The third-order valence-corrected chi connectivity index (χ3v) is 2.53. The quantitative estimate of drug-likeness (QED) is 0.745. The minimum Gasteiger partial charge on any atom is -0.377 e. The normalized spacial score (nSPS) is 13.2. The monoisotopic (exact) mass is 210 g/mol. The molecule has 1 nitrogen and oxygen atoms in total. The smallest absolute Gasteiger partial charge is 0.0823 e. The maximum absolute atomic E-state index is 5.46. The molecule has 2 heteroatoms. The molecule has 0 aliphatic carbocycles. The average molecular weight is 210 g/mol. The summed E-state index contributed by atoms with van der Waals surface area (Å²) in [5.74, 6) is 0.649. The van der Waals surface area contributed by atoms with E-state index < -0.39 is 0 Å². The van der Waals surface area contributed by atoms with Crippen LogP contribution in [0.3, 0.4) is 0 Å². The van der Waals surface area contributed by atoms with Crippen molar-refractivity contribution >= 4 is 12.6 Å². The van der Waals surface area contributed by atoms with E-state index in [9.17, 15) is 0 Å². The Bertz CT molecular complexity index is 266. The van der Waals surface area contributed by atoms with E-state index in [1.807, 2.05) is 12.1 Å². The second kappa shape index (κ2) is 5.42. The Morgan fingerprint density at radius 2 is 1.79 bits per heavy atom. The van der Waals surface area contributed by atoms with E-state index in [0.29, 0.717) is 5.92 Å². The Labute approximate surface area is 91.9 Å². The van der Waals surface area contributed by atoms with Gasteiger partial charge >= 0.3 is 0 Å². The zero-order valence-electron chi connectivity index (χ0n) is 9.03. The number of rotatable bonds is 4. The Balaban J connectivity index is 2.73. The maximum atomic E-state index is 5.46. The summed E-state index contributed by atoms with van der Waals surface area (Å²) in [5.41, 5.74) is 1.24. The number of thiol groups is 1. The fourth-order valence-electron chi connectivity index (χ4n) is 1.49. The second-order valence-electron chi connectivity index (χ2n) is 3.95. The average Bonchev–Trinajstić information content (AvgIpc) is 2.15. The van der Waals surface area contributed by atoms with Gasteiger partial charge in [-0.05, 0) is 30.0 Å².